The number of benzene rings is 3. The largest absolute Gasteiger partial charge is 0.321 e. The molecule has 0 bridgehead atoms. The number of carbonyl (C=O) groups excluding carboxylic acids is 3. The SMILES string of the molecule is O=C(Nc1ccc(Cl)cc1Cl)c1ccc(N2C(=O)c3ccccc3C2=O)cc1. The molecule has 0 radical (unpaired) electrons. The van der Waals surface area contributed by atoms with Crippen LogP contribution in [0.4, 0.5) is 11.4 Å². The fourth-order valence-corrected chi connectivity index (χ4v) is 3.43. The Morgan fingerprint density at radius 3 is 2.00 bits per heavy atom. The highest BCUT2D eigenvalue weighted by Crippen LogP contribution is 2.29. The number of hydrogen-bond donors (Lipinski definition) is 1. The van der Waals surface area contributed by atoms with Crippen LogP contribution in [0.2, 0.25) is 10.0 Å². The molecule has 0 spiro atoms. The zero-order valence-corrected chi connectivity index (χ0v) is 15.8. The van der Waals surface area contributed by atoms with Crippen LogP contribution in [0.25, 0.3) is 0 Å². The summed E-state index contributed by atoms with van der Waals surface area (Å²) in [6.07, 6.45) is 0. The second-order valence-electron chi connectivity index (χ2n) is 6.12. The van der Waals surface area contributed by atoms with Gasteiger partial charge in [0.1, 0.15) is 0 Å². The Labute approximate surface area is 170 Å². The summed E-state index contributed by atoms with van der Waals surface area (Å²) in [4.78, 5) is 38.6. The number of nitrogens with one attached hydrogen (secondary N) is 1. The molecule has 1 N–H and O–H groups in total. The van der Waals surface area contributed by atoms with Gasteiger partial charge >= 0.3 is 0 Å². The van der Waals surface area contributed by atoms with Gasteiger partial charge in [0.15, 0.2) is 0 Å². The van der Waals surface area contributed by atoms with Crippen molar-refractivity contribution < 1.29 is 14.4 Å². The topological polar surface area (TPSA) is 66.5 Å². The molecule has 0 aromatic heterocycles. The number of carbonyl (C=O) groups is 3. The molecule has 4 rings (SSSR count). The average molecular weight is 411 g/mol. The highest BCUT2D eigenvalue weighted by atomic mass is 35.5. The monoisotopic (exact) mass is 410 g/mol. The second kappa shape index (κ2) is 7.11. The molecule has 0 aliphatic carbocycles. The van der Waals surface area contributed by atoms with Crippen LogP contribution in [0.5, 0.6) is 0 Å². The van der Waals surface area contributed by atoms with Gasteiger partial charge in [-0.2, -0.15) is 0 Å². The fourth-order valence-electron chi connectivity index (χ4n) is 2.97. The van der Waals surface area contributed by atoms with Crippen molar-refractivity contribution in [2.24, 2.45) is 0 Å². The van der Waals surface area contributed by atoms with Gasteiger partial charge in [-0.1, -0.05) is 35.3 Å². The molecule has 3 aromatic rings. The minimum absolute atomic E-state index is 0.323. The van der Waals surface area contributed by atoms with Crippen molar-refractivity contribution >= 4 is 52.3 Å². The van der Waals surface area contributed by atoms with Crippen LogP contribution in [-0.4, -0.2) is 17.7 Å². The first-order valence-electron chi connectivity index (χ1n) is 8.30. The molecule has 0 fully saturated rings. The van der Waals surface area contributed by atoms with E-state index in [1.807, 2.05) is 0 Å². The van der Waals surface area contributed by atoms with E-state index in [4.69, 9.17) is 23.2 Å². The van der Waals surface area contributed by atoms with Gasteiger partial charge in [0.25, 0.3) is 17.7 Å². The molecule has 7 heteroatoms. The summed E-state index contributed by atoms with van der Waals surface area (Å²) in [7, 11) is 0. The van der Waals surface area contributed by atoms with E-state index in [-0.39, 0.29) is 17.7 Å². The zero-order chi connectivity index (χ0) is 19.8. The minimum atomic E-state index is -0.384. The van der Waals surface area contributed by atoms with Crippen LogP contribution in [0, 0.1) is 0 Å². The predicted molar refractivity (Wildman–Crippen MR) is 108 cm³/mol. The van der Waals surface area contributed by atoms with Crippen molar-refractivity contribution in [3.63, 3.8) is 0 Å². The van der Waals surface area contributed by atoms with Gasteiger partial charge in [0.2, 0.25) is 0 Å². The third-order valence-electron chi connectivity index (χ3n) is 4.36. The Balaban J connectivity index is 1.55. The van der Waals surface area contributed by atoms with Gasteiger partial charge in [-0.3, -0.25) is 14.4 Å². The highest BCUT2D eigenvalue weighted by Gasteiger charge is 2.36. The quantitative estimate of drug-likeness (QED) is 0.614. The average Bonchev–Trinajstić information content (AvgIpc) is 2.95. The van der Waals surface area contributed by atoms with Gasteiger partial charge in [-0.05, 0) is 54.6 Å². The number of imide groups is 1. The lowest BCUT2D eigenvalue weighted by atomic mass is 10.1. The molecule has 0 atom stereocenters. The summed E-state index contributed by atoms with van der Waals surface area (Å²) in [6, 6.07) is 17.6. The molecule has 1 aliphatic heterocycles. The third kappa shape index (κ3) is 3.15. The van der Waals surface area contributed by atoms with Crippen molar-refractivity contribution in [2.45, 2.75) is 0 Å². The van der Waals surface area contributed by atoms with Crippen molar-refractivity contribution in [3.8, 4) is 0 Å². The Bertz CT molecular complexity index is 1090. The highest BCUT2D eigenvalue weighted by molar-refractivity contribution is 6.37. The number of nitrogens with zero attached hydrogens (tertiary/aromatic N) is 1. The van der Waals surface area contributed by atoms with Crippen LogP contribution in [-0.2, 0) is 0 Å². The number of rotatable bonds is 3. The van der Waals surface area contributed by atoms with Gasteiger partial charge < -0.3 is 5.32 Å². The van der Waals surface area contributed by atoms with Gasteiger partial charge in [-0.25, -0.2) is 4.90 Å². The van der Waals surface area contributed by atoms with E-state index in [0.29, 0.717) is 38.1 Å². The van der Waals surface area contributed by atoms with Gasteiger partial charge in [-0.15, -0.1) is 0 Å². The Morgan fingerprint density at radius 2 is 1.43 bits per heavy atom. The first-order chi connectivity index (χ1) is 13.5. The molecule has 1 heterocycles. The summed E-state index contributed by atoms with van der Waals surface area (Å²) >= 11 is 11.9. The van der Waals surface area contributed by atoms with E-state index in [9.17, 15) is 14.4 Å². The first kappa shape index (κ1) is 18.2. The molecule has 138 valence electrons. The fraction of sp³-hybridized carbons (Fsp3) is 0. The number of amides is 3. The maximum atomic E-state index is 12.5. The standard InChI is InChI=1S/C21H12Cl2N2O3/c22-13-7-10-18(17(23)11-13)24-19(26)12-5-8-14(9-6-12)25-20(27)15-3-1-2-4-16(15)21(25)28/h1-11H,(H,24,26). The van der Waals surface area contributed by atoms with E-state index in [1.165, 1.54) is 18.2 Å². The molecular weight excluding hydrogens is 399 g/mol. The summed E-state index contributed by atoms with van der Waals surface area (Å²) in [5.74, 6) is -1.14. The van der Waals surface area contributed by atoms with E-state index in [0.717, 1.165) is 4.90 Å². The molecule has 0 saturated carbocycles. The van der Waals surface area contributed by atoms with E-state index >= 15 is 0 Å². The lowest BCUT2D eigenvalue weighted by molar-refractivity contribution is 0.0925. The lowest BCUT2D eigenvalue weighted by Crippen LogP contribution is -2.29. The normalized spacial score (nSPS) is 12.9. The van der Waals surface area contributed by atoms with Crippen molar-refractivity contribution in [1.82, 2.24) is 0 Å². The van der Waals surface area contributed by atoms with Crippen molar-refractivity contribution in [2.75, 3.05) is 10.2 Å². The summed E-state index contributed by atoms with van der Waals surface area (Å²) in [6.45, 7) is 0. The van der Waals surface area contributed by atoms with Crippen LogP contribution in [0.15, 0.2) is 66.7 Å². The molecule has 0 saturated heterocycles. The van der Waals surface area contributed by atoms with Crippen molar-refractivity contribution in [3.05, 3.63) is 93.5 Å². The van der Waals surface area contributed by atoms with Crippen LogP contribution in [0.3, 0.4) is 0 Å². The number of fused-ring (bicyclic) bond motifs is 1. The minimum Gasteiger partial charge on any atom is -0.321 e. The second-order valence-corrected chi connectivity index (χ2v) is 6.96. The number of anilines is 2. The van der Waals surface area contributed by atoms with Crippen molar-refractivity contribution in [1.29, 1.82) is 0 Å². The summed E-state index contributed by atoms with van der Waals surface area (Å²) in [5, 5.41) is 3.49. The molecule has 28 heavy (non-hydrogen) atoms. The molecule has 0 unspecified atom stereocenters. The van der Waals surface area contributed by atoms with E-state index in [1.54, 1.807) is 48.5 Å². The van der Waals surface area contributed by atoms with Gasteiger partial charge in [0, 0.05) is 10.6 Å². The van der Waals surface area contributed by atoms with Crippen LogP contribution in [0.1, 0.15) is 31.1 Å². The van der Waals surface area contributed by atoms with Gasteiger partial charge in [0.05, 0.1) is 27.5 Å². The van der Waals surface area contributed by atoms with E-state index in [2.05, 4.69) is 5.32 Å². The molecule has 3 amide bonds. The Hall–Kier alpha value is -3.15. The van der Waals surface area contributed by atoms with E-state index < -0.39 is 0 Å². The number of hydrogen-bond acceptors (Lipinski definition) is 3. The third-order valence-corrected chi connectivity index (χ3v) is 4.91. The molecular formula is C21H12Cl2N2O3. The summed E-state index contributed by atoms with van der Waals surface area (Å²) in [5.41, 5.74) is 1.91. The number of halogens is 2. The zero-order valence-electron chi connectivity index (χ0n) is 14.3. The summed E-state index contributed by atoms with van der Waals surface area (Å²) < 4.78 is 0. The lowest BCUT2D eigenvalue weighted by Gasteiger charge is -2.14. The maximum absolute atomic E-state index is 12.5. The molecule has 3 aromatic carbocycles. The van der Waals surface area contributed by atoms with Crippen LogP contribution < -0.4 is 10.2 Å². The van der Waals surface area contributed by atoms with Crippen LogP contribution >= 0.6 is 23.2 Å². The predicted octanol–water partition coefficient (Wildman–Crippen LogP) is 5.05. The smallest absolute Gasteiger partial charge is 0.266 e. The molecule has 5 nitrogen and oxygen atoms in total. The Kier molecular flexibility index (Phi) is 4.63. The maximum Gasteiger partial charge on any atom is 0.266 e. The Morgan fingerprint density at radius 1 is 0.821 bits per heavy atom. The molecule has 1 aliphatic rings. The first-order valence-corrected chi connectivity index (χ1v) is 9.05.